The van der Waals surface area contributed by atoms with Gasteiger partial charge in [0.1, 0.15) is 5.82 Å². The highest BCUT2D eigenvalue weighted by atomic mass is 35.5. The number of rotatable bonds is 5. The Balaban J connectivity index is 2.02. The summed E-state index contributed by atoms with van der Waals surface area (Å²) in [5.41, 5.74) is 1.48. The summed E-state index contributed by atoms with van der Waals surface area (Å²) >= 11 is 6.07. The third-order valence-corrected chi connectivity index (χ3v) is 5.29. The molecule has 2 aromatic rings. The molecule has 1 nitrogen and oxygen atoms in total. The van der Waals surface area contributed by atoms with E-state index >= 15 is 0 Å². The van der Waals surface area contributed by atoms with Crippen LogP contribution in [0.5, 0.6) is 0 Å². The molecule has 0 unspecified atom stereocenters. The summed E-state index contributed by atoms with van der Waals surface area (Å²) in [7, 11) is -1.13. The van der Waals surface area contributed by atoms with E-state index in [2.05, 4.69) is 0 Å². The molecule has 0 aliphatic heterocycles. The zero-order valence-corrected chi connectivity index (χ0v) is 12.8. The fraction of sp³-hybridized carbons (Fsp3) is 0.250. The van der Waals surface area contributed by atoms with Crippen LogP contribution in [0, 0.1) is 5.82 Å². The second-order valence-electron chi connectivity index (χ2n) is 4.59. The van der Waals surface area contributed by atoms with Gasteiger partial charge in [0.2, 0.25) is 0 Å². The van der Waals surface area contributed by atoms with E-state index in [4.69, 9.17) is 11.6 Å². The van der Waals surface area contributed by atoms with E-state index in [1.54, 1.807) is 25.1 Å². The monoisotopic (exact) mass is 310 g/mol. The van der Waals surface area contributed by atoms with E-state index in [9.17, 15) is 8.60 Å². The lowest BCUT2D eigenvalue weighted by Crippen LogP contribution is -2.10. The van der Waals surface area contributed by atoms with Crippen molar-refractivity contribution >= 4 is 22.4 Å². The Hall–Kier alpha value is -1.19. The van der Waals surface area contributed by atoms with Crippen LogP contribution in [0.2, 0.25) is 5.02 Å². The first-order valence-corrected chi connectivity index (χ1v) is 8.20. The predicted octanol–water partition coefficient (Wildman–Crippen LogP) is 4.53. The molecule has 0 N–H and O–H groups in total. The molecule has 20 heavy (non-hydrogen) atoms. The second-order valence-corrected chi connectivity index (χ2v) is 6.87. The summed E-state index contributed by atoms with van der Waals surface area (Å²) in [6.07, 6.45) is 0.630. The van der Waals surface area contributed by atoms with Crippen molar-refractivity contribution in [1.82, 2.24) is 0 Å². The van der Waals surface area contributed by atoms with Gasteiger partial charge in [0.15, 0.2) is 0 Å². The maximum atomic E-state index is 13.7. The Morgan fingerprint density at radius 2 is 1.80 bits per heavy atom. The molecule has 0 amide bonds. The van der Waals surface area contributed by atoms with Crippen molar-refractivity contribution in [3.05, 3.63) is 70.5 Å². The number of hydrogen-bond acceptors (Lipinski definition) is 1. The Bertz CT molecular complexity index is 615. The maximum Gasteiger partial charge on any atom is 0.127 e. The first kappa shape index (κ1) is 15.2. The molecule has 106 valence electrons. The smallest absolute Gasteiger partial charge is 0.127 e. The SMILES string of the molecule is C[C@@H](c1ccccc1F)[S@](=O)CCc1ccccc1Cl. The zero-order chi connectivity index (χ0) is 14.5. The molecule has 0 spiro atoms. The van der Waals surface area contributed by atoms with Crippen molar-refractivity contribution in [1.29, 1.82) is 0 Å². The van der Waals surface area contributed by atoms with Crippen molar-refractivity contribution in [3.8, 4) is 0 Å². The first-order valence-electron chi connectivity index (χ1n) is 6.44. The van der Waals surface area contributed by atoms with E-state index < -0.39 is 10.8 Å². The third-order valence-electron chi connectivity index (χ3n) is 3.27. The third kappa shape index (κ3) is 3.68. The van der Waals surface area contributed by atoms with Gasteiger partial charge in [-0.1, -0.05) is 48.0 Å². The van der Waals surface area contributed by atoms with Gasteiger partial charge in [-0.25, -0.2) is 4.39 Å². The standard InChI is InChI=1S/C16H16ClFOS/c1-12(14-7-3-5-9-16(14)18)20(19)11-10-13-6-2-4-8-15(13)17/h2-9,12H,10-11H2,1H3/t12-,20+/m0/s1. The van der Waals surface area contributed by atoms with Crippen molar-refractivity contribution < 1.29 is 8.60 Å². The number of benzene rings is 2. The summed E-state index contributed by atoms with van der Waals surface area (Å²) in [6.45, 7) is 1.79. The molecule has 0 aliphatic carbocycles. The number of aryl methyl sites for hydroxylation is 1. The second kappa shape index (κ2) is 7.00. The summed E-state index contributed by atoms with van der Waals surface area (Å²) in [4.78, 5) is 0. The molecule has 0 aliphatic rings. The van der Waals surface area contributed by atoms with Crippen LogP contribution in [0.15, 0.2) is 48.5 Å². The Kier molecular flexibility index (Phi) is 5.32. The van der Waals surface area contributed by atoms with Crippen LogP contribution in [0.1, 0.15) is 23.3 Å². The summed E-state index contributed by atoms with van der Waals surface area (Å²) < 4.78 is 26.0. The minimum absolute atomic E-state index is 0.300. The van der Waals surface area contributed by atoms with Gasteiger partial charge in [-0.05, 0) is 31.0 Å². The van der Waals surface area contributed by atoms with Gasteiger partial charge in [-0.2, -0.15) is 0 Å². The first-order chi connectivity index (χ1) is 9.59. The molecule has 0 bridgehead atoms. The van der Waals surface area contributed by atoms with Crippen molar-refractivity contribution in [2.75, 3.05) is 5.75 Å². The van der Waals surface area contributed by atoms with Gasteiger partial charge in [-0.3, -0.25) is 4.21 Å². The Labute approximate surface area is 126 Å². The van der Waals surface area contributed by atoms with Crippen LogP contribution in [-0.2, 0) is 17.2 Å². The summed E-state index contributed by atoms with van der Waals surface area (Å²) in [6, 6.07) is 14.0. The molecule has 2 atom stereocenters. The normalized spacial score (nSPS) is 13.9. The van der Waals surface area contributed by atoms with E-state index in [1.165, 1.54) is 6.07 Å². The molecule has 0 saturated carbocycles. The van der Waals surface area contributed by atoms with Crippen molar-refractivity contribution in [2.45, 2.75) is 18.6 Å². The van der Waals surface area contributed by atoms with Gasteiger partial charge >= 0.3 is 0 Å². The van der Waals surface area contributed by atoms with Gasteiger partial charge in [0.25, 0.3) is 0 Å². The highest BCUT2D eigenvalue weighted by molar-refractivity contribution is 7.85. The molecule has 0 radical (unpaired) electrons. The molecular formula is C16H16ClFOS. The van der Waals surface area contributed by atoms with Gasteiger partial charge < -0.3 is 0 Å². The fourth-order valence-electron chi connectivity index (χ4n) is 2.03. The molecule has 0 aromatic heterocycles. The van der Waals surface area contributed by atoms with E-state index in [-0.39, 0.29) is 11.1 Å². The lowest BCUT2D eigenvalue weighted by molar-refractivity contribution is 0.606. The van der Waals surface area contributed by atoms with Crippen LogP contribution in [0.25, 0.3) is 0 Å². The van der Waals surface area contributed by atoms with Crippen molar-refractivity contribution in [2.24, 2.45) is 0 Å². The maximum absolute atomic E-state index is 13.7. The van der Waals surface area contributed by atoms with Gasteiger partial charge in [0.05, 0.1) is 5.25 Å². The largest absolute Gasteiger partial charge is 0.259 e. The van der Waals surface area contributed by atoms with Crippen molar-refractivity contribution in [3.63, 3.8) is 0 Å². The highest BCUT2D eigenvalue weighted by Crippen LogP contribution is 2.23. The Morgan fingerprint density at radius 1 is 1.15 bits per heavy atom. The van der Waals surface area contributed by atoms with Crippen LogP contribution in [0.4, 0.5) is 4.39 Å². The molecule has 2 rings (SSSR count). The summed E-state index contributed by atoms with van der Waals surface area (Å²) in [5.74, 6) is 0.172. The van der Waals surface area contributed by atoms with E-state index in [1.807, 2.05) is 24.3 Å². The molecule has 0 heterocycles. The van der Waals surface area contributed by atoms with Crippen LogP contribution < -0.4 is 0 Å². The van der Waals surface area contributed by atoms with Crippen LogP contribution >= 0.6 is 11.6 Å². The van der Waals surface area contributed by atoms with Gasteiger partial charge in [-0.15, -0.1) is 0 Å². The van der Waals surface area contributed by atoms with E-state index in [0.29, 0.717) is 22.8 Å². The quantitative estimate of drug-likeness (QED) is 0.793. The summed E-state index contributed by atoms with van der Waals surface area (Å²) in [5, 5.41) is 0.363. The van der Waals surface area contributed by atoms with E-state index in [0.717, 1.165) is 5.56 Å². The Morgan fingerprint density at radius 3 is 2.50 bits per heavy atom. The average molecular weight is 311 g/mol. The molecule has 0 fully saturated rings. The topological polar surface area (TPSA) is 17.1 Å². The average Bonchev–Trinajstić information content (AvgIpc) is 2.46. The number of hydrogen-bond donors (Lipinski definition) is 0. The predicted molar refractivity (Wildman–Crippen MR) is 83.0 cm³/mol. The minimum Gasteiger partial charge on any atom is -0.259 e. The van der Waals surface area contributed by atoms with Crippen LogP contribution in [-0.4, -0.2) is 9.96 Å². The van der Waals surface area contributed by atoms with Gasteiger partial charge in [0, 0.05) is 27.1 Å². The lowest BCUT2D eigenvalue weighted by Gasteiger charge is -2.13. The minimum atomic E-state index is -1.13. The zero-order valence-electron chi connectivity index (χ0n) is 11.2. The lowest BCUT2D eigenvalue weighted by atomic mass is 10.1. The molecule has 4 heteroatoms. The molecule has 2 aromatic carbocycles. The number of halogens is 2. The fourth-order valence-corrected chi connectivity index (χ4v) is 3.51. The highest BCUT2D eigenvalue weighted by Gasteiger charge is 2.17. The molecule has 0 saturated heterocycles. The molecular weight excluding hydrogens is 295 g/mol. The van der Waals surface area contributed by atoms with Crippen LogP contribution in [0.3, 0.4) is 0 Å².